The zero-order valence-corrected chi connectivity index (χ0v) is 21.4. The molecule has 37 heavy (non-hydrogen) atoms. The summed E-state index contributed by atoms with van der Waals surface area (Å²) in [5, 5.41) is 0. The average Bonchev–Trinajstić information content (AvgIpc) is 2.84. The molecule has 9 heteroatoms. The van der Waals surface area contributed by atoms with Crippen molar-refractivity contribution >= 4 is 10.1 Å². The van der Waals surface area contributed by atoms with Crippen molar-refractivity contribution in [3.8, 4) is 17.2 Å². The van der Waals surface area contributed by atoms with Gasteiger partial charge in [0.25, 0.3) is 10.1 Å². The predicted molar refractivity (Wildman–Crippen MR) is 134 cm³/mol. The Morgan fingerprint density at radius 1 is 0.865 bits per heavy atom. The fraction of sp³-hybridized carbons (Fsp3) is 0.357. The van der Waals surface area contributed by atoms with Crippen LogP contribution in [0.2, 0.25) is 0 Å². The first-order valence-electron chi connectivity index (χ1n) is 12.1. The molecule has 3 aromatic carbocycles. The molecule has 0 atom stereocenters. The second-order valence-electron chi connectivity index (χ2n) is 9.75. The molecule has 0 bridgehead atoms. The Balaban J connectivity index is 1.66. The summed E-state index contributed by atoms with van der Waals surface area (Å²) in [5.74, 6) is -0.319. The summed E-state index contributed by atoms with van der Waals surface area (Å²) in [6.45, 7) is 3.38. The lowest BCUT2D eigenvalue weighted by molar-refractivity contribution is -0.140. The van der Waals surface area contributed by atoms with Gasteiger partial charge in [0.2, 0.25) is 0 Å². The monoisotopic (exact) mass is 534 g/mol. The van der Waals surface area contributed by atoms with Crippen LogP contribution in [0.15, 0.2) is 71.6 Å². The first kappa shape index (κ1) is 27.0. The quantitative estimate of drug-likeness (QED) is 0.310. The van der Waals surface area contributed by atoms with Gasteiger partial charge in [-0.3, -0.25) is 4.55 Å². The van der Waals surface area contributed by atoms with Crippen molar-refractivity contribution < 1.29 is 35.6 Å². The van der Waals surface area contributed by atoms with Gasteiger partial charge in [0.05, 0.1) is 4.90 Å². The van der Waals surface area contributed by atoms with E-state index in [9.17, 15) is 26.1 Å². The molecular weight excluding hydrogens is 505 g/mol. The molecular formula is C28H29F3O5S. The molecule has 0 aliphatic heterocycles. The van der Waals surface area contributed by atoms with Gasteiger partial charge in [-0.15, -0.1) is 0 Å². The number of hydrogen-bond acceptors (Lipinski definition) is 4. The van der Waals surface area contributed by atoms with Crippen LogP contribution in [0.1, 0.15) is 68.6 Å². The van der Waals surface area contributed by atoms with Crippen molar-refractivity contribution in [3.05, 3.63) is 83.4 Å². The lowest BCUT2D eigenvalue weighted by atomic mass is 9.84. The number of alkyl halides is 3. The van der Waals surface area contributed by atoms with E-state index in [2.05, 4.69) is 0 Å². The van der Waals surface area contributed by atoms with E-state index in [1.54, 1.807) is 38.1 Å². The SMILES string of the molecule is CC(C)(Oc1ccc(Oc2ccc(S(=O)(=O)O)c(C3CCCCC3)c2)cc1C(F)(F)F)c1ccccc1. The van der Waals surface area contributed by atoms with Gasteiger partial charge in [-0.25, -0.2) is 0 Å². The second kappa shape index (κ2) is 10.4. The van der Waals surface area contributed by atoms with Gasteiger partial charge in [-0.1, -0.05) is 49.6 Å². The van der Waals surface area contributed by atoms with Crippen LogP contribution >= 0.6 is 0 Å². The molecule has 1 saturated carbocycles. The Hall–Kier alpha value is -3.04. The van der Waals surface area contributed by atoms with E-state index >= 15 is 0 Å². The molecule has 1 aliphatic rings. The van der Waals surface area contributed by atoms with Gasteiger partial charge < -0.3 is 9.47 Å². The van der Waals surface area contributed by atoms with Gasteiger partial charge in [-0.05, 0) is 80.1 Å². The molecule has 1 aliphatic carbocycles. The molecule has 5 nitrogen and oxygen atoms in total. The highest BCUT2D eigenvalue weighted by atomic mass is 32.2. The number of halogens is 3. The van der Waals surface area contributed by atoms with Gasteiger partial charge >= 0.3 is 6.18 Å². The van der Waals surface area contributed by atoms with E-state index in [0.29, 0.717) is 5.56 Å². The van der Waals surface area contributed by atoms with E-state index in [-0.39, 0.29) is 28.1 Å². The van der Waals surface area contributed by atoms with Crippen molar-refractivity contribution in [1.82, 2.24) is 0 Å². The lowest BCUT2D eigenvalue weighted by Gasteiger charge is -2.29. The molecule has 1 N–H and O–H groups in total. The normalized spacial score (nSPS) is 15.4. The molecule has 0 unspecified atom stereocenters. The van der Waals surface area contributed by atoms with Crippen molar-refractivity contribution in [3.63, 3.8) is 0 Å². The highest BCUT2D eigenvalue weighted by Crippen LogP contribution is 2.43. The van der Waals surface area contributed by atoms with Crippen molar-refractivity contribution in [1.29, 1.82) is 0 Å². The van der Waals surface area contributed by atoms with Crippen LogP contribution in [0.5, 0.6) is 17.2 Å². The molecule has 198 valence electrons. The Morgan fingerprint density at radius 3 is 2.11 bits per heavy atom. The van der Waals surface area contributed by atoms with E-state index in [0.717, 1.165) is 43.7 Å². The minimum atomic E-state index is -4.70. The summed E-state index contributed by atoms with van der Waals surface area (Å²) >= 11 is 0. The lowest BCUT2D eigenvalue weighted by Crippen LogP contribution is -2.26. The third-order valence-electron chi connectivity index (χ3n) is 6.63. The molecule has 0 radical (unpaired) electrons. The largest absolute Gasteiger partial charge is 0.483 e. The van der Waals surface area contributed by atoms with E-state index < -0.39 is 27.5 Å². The van der Waals surface area contributed by atoms with Crippen molar-refractivity contribution in [2.75, 3.05) is 0 Å². The minimum Gasteiger partial charge on any atom is -0.483 e. The summed E-state index contributed by atoms with van der Waals surface area (Å²) < 4.78 is 87.2. The summed E-state index contributed by atoms with van der Waals surface area (Å²) in [7, 11) is -4.47. The maximum absolute atomic E-state index is 14.0. The molecule has 0 amide bonds. The van der Waals surface area contributed by atoms with Gasteiger partial charge in [-0.2, -0.15) is 21.6 Å². The summed E-state index contributed by atoms with van der Waals surface area (Å²) in [4.78, 5) is -0.199. The first-order chi connectivity index (χ1) is 17.3. The fourth-order valence-electron chi connectivity index (χ4n) is 4.75. The summed E-state index contributed by atoms with van der Waals surface area (Å²) in [6.07, 6.45) is -0.291. The fourth-order valence-corrected chi connectivity index (χ4v) is 5.51. The minimum absolute atomic E-state index is 0.0774. The second-order valence-corrected chi connectivity index (χ2v) is 11.1. The molecule has 0 spiro atoms. The highest BCUT2D eigenvalue weighted by Gasteiger charge is 2.37. The van der Waals surface area contributed by atoms with Gasteiger partial charge in [0.15, 0.2) is 0 Å². The number of ether oxygens (including phenoxy) is 2. The molecule has 0 saturated heterocycles. The van der Waals surface area contributed by atoms with Crippen LogP contribution in [0.25, 0.3) is 0 Å². The number of benzene rings is 3. The van der Waals surface area contributed by atoms with E-state index in [4.69, 9.17) is 9.47 Å². The van der Waals surface area contributed by atoms with Crippen molar-refractivity contribution in [2.45, 2.75) is 68.5 Å². The summed E-state index contributed by atoms with van der Waals surface area (Å²) in [6, 6.07) is 16.5. The van der Waals surface area contributed by atoms with Gasteiger partial charge in [0.1, 0.15) is 28.4 Å². The summed E-state index contributed by atoms with van der Waals surface area (Å²) in [5.41, 5.74) is -0.876. The molecule has 0 aromatic heterocycles. The zero-order chi connectivity index (χ0) is 26.8. The highest BCUT2D eigenvalue weighted by molar-refractivity contribution is 7.85. The molecule has 0 heterocycles. The smallest absolute Gasteiger partial charge is 0.420 e. The first-order valence-corrected chi connectivity index (χ1v) is 13.5. The van der Waals surface area contributed by atoms with Crippen LogP contribution in [-0.4, -0.2) is 13.0 Å². The number of hydrogen-bond donors (Lipinski definition) is 1. The van der Waals surface area contributed by atoms with Crippen LogP contribution in [0.3, 0.4) is 0 Å². The predicted octanol–water partition coefficient (Wildman–Crippen LogP) is 8.11. The molecule has 1 fully saturated rings. The van der Waals surface area contributed by atoms with E-state index in [1.165, 1.54) is 30.3 Å². The Kier molecular flexibility index (Phi) is 7.57. The Labute approximate surface area is 215 Å². The maximum atomic E-state index is 14.0. The van der Waals surface area contributed by atoms with Crippen LogP contribution in [-0.2, 0) is 21.9 Å². The topological polar surface area (TPSA) is 72.8 Å². The third kappa shape index (κ3) is 6.45. The van der Waals surface area contributed by atoms with Crippen LogP contribution < -0.4 is 9.47 Å². The average molecular weight is 535 g/mol. The standard InChI is InChI=1S/C28H29F3O5S/c1-27(2,20-11-7-4-8-12-20)36-25-15-13-22(18-24(25)28(29,30)31)35-21-14-16-26(37(32,33)34)23(17-21)19-9-5-3-6-10-19/h4,7-8,11-19H,3,5-6,9-10H2,1-2H3,(H,32,33,34). The maximum Gasteiger partial charge on any atom is 0.420 e. The van der Waals surface area contributed by atoms with E-state index in [1.807, 2.05) is 6.07 Å². The van der Waals surface area contributed by atoms with Crippen LogP contribution in [0.4, 0.5) is 13.2 Å². The molecule has 4 rings (SSSR count). The zero-order valence-electron chi connectivity index (χ0n) is 20.6. The van der Waals surface area contributed by atoms with Crippen LogP contribution in [0, 0.1) is 0 Å². The molecule has 3 aromatic rings. The number of rotatable bonds is 7. The van der Waals surface area contributed by atoms with Crippen molar-refractivity contribution in [2.24, 2.45) is 0 Å². The third-order valence-corrected chi connectivity index (χ3v) is 7.56. The van der Waals surface area contributed by atoms with Gasteiger partial charge in [0, 0.05) is 0 Å². The Bertz CT molecular complexity index is 1350. The Morgan fingerprint density at radius 2 is 1.49 bits per heavy atom.